The van der Waals surface area contributed by atoms with Gasteiger partial charge in [-0.3, -0.25) is 9.59 Å². The zero-order valence-corrected chi connectivity index (χ0v) is 15.5. The third kappa shape index (κ3) is 5.58. The van der Waals surface area contributed by atoms with Crippen molar-refractivity contribution < 1.29 is 23.8 Å². The molecule has 1 aliphatic carbocycles. The number of hydrogen-bond acceptors (Lipinski definition) is 6. The van der Waals surface area contributed by atoms with Crippen LogP contribution >= 0.6 is 0 Å². The quantitative estimate of drug-likeness (QED) is 0.624. The first-order chi connectivity index (χ1) is 13.1. The van der Waals surface area contributed by atoms with Gasteiger partial charge in [-0.15, -0.1) is 0 Å². The van der Waals surface area contributed by atoms with Crippen LogP contribution in [0.1, 0.15) is 25.7 Å². The number of rotatable bonds is 8. The Kier molecular flexibility index (Phi) is 6.52. The van der Waals surface area contributed by atoms with E-state index in [1.807, 2.05) is 0 Å². The molecule has 0 spiro atoms. The fraction of sp³-hybridized carbons (Fsp3) is 0.579. The van der Waals surface area contributed by atoms with Gasteiger partial charge in [0.05, 0.1) is 13.2 Å². The lowest BCUT2D eigenvalue weighted by Gasteiger charge is -2.26. The molecule has 2 aliphatic rings. The Hall–Kier alpha value is -2.32. The van der Waals surface area contributed by atoms with Gasteiger partial charge in [-0.1, -0.05) is 0 Å². The van der Waals surface area contributed by atoms with Crippen LogP contribution < -0.4 is 25.8 Å². The molecule has 1 atom stereocenters. The van der Waals surface area contributed by atoms with Crippen molar-refractivity contribution in [1.29, 1.82) is 0 Å². The van der Waals surface area contributed by atoms with E-state index in [1.54, 1.807) is 18.2 Å². The number of nitrogens with two attached hydrogens (primary N) is 1. The molecule has 8 heteroatoms. The summed E-state index contributed by atoms with van der Waals surface area (Å²) >= 11 is 0. The Balaban J connectivity index is 1.59. The van der Waals surface area contributed by atoms with Crippen molar-refractivity contribution in [3.8, 4) is 11.5 Å². The Morgan fingerprint density at radius 1 is 1.22 bits per heavy atom. The molecule has 0 bridgehead atoms. The SMILES string of the molecule is COc1ccc(NC(=O)C(N)C2CCOCC2)cc1OCC(=O)NC1CC1. The summed E-state index contributed by atoms with van der Waals surface area (Å²) in [6, 6.07) is 4.72. The van der Waals surface area contributed by atoms with E-state index in [0.29, 0.717) is 30.4 Å². The standard InChI is InChI=1S/C19H27N3O5/c1-25-15-5-4-14(10-16(15)27-11-17(23)21-13-2-3-13)22-19(24)18(20)12-6-8-26-9-7-12/h4-5,10,12-13,18H,2-3,6-9,11,20H2,1H3,(H,21,23)(H,22,24). The predicted molar refractivity (Wildman–Crippen MR) is 99.8 cm³/mol. The lowest BCUT2D eigenvalue weighted by molar-refractivity contribution is -0.123. The number of benzene rings is 1. The number of hydrogen-bond donors (Lipinski definition) is 3. The second kappa shape index (κ2) is 9.05. The first kappa shape index (κ1) is 19.4. The van der Waals surface area contributed by atoms with Crippen LogP contribution in [0.5, 0.6) is 11.5 Å². The minimum Gasteiger partial charge on any atom is -0.493 e. The van der Waals surface area contributed by atoms with Gasteiger partial charge in [0.25, 0.3) is 5.91 Å². The Morgan fingerprint density at radius 3 is 2.63 bits per heavy atom. The van der Waals surface area contributed by atoms with Crippen LogP contribution in [0.15, 0.2) is 18.2 Å². The molecule has 1 heterocycles. The summed E-state index contributed by atoms with van der Waals surface area (Å²) in [5, 5.41) is 5.68. The number of amides is 2. The highest BCUT2D eigenvalue weighted by molar-refractivity contribution is 5.95. The van der Waals surface area contributed by atoms with Gasteiger partial charge in [0.1, 0.15) is 0 Å². The molecule has 4 N–H and O–H groups in total. The molecular weight excluding hydrogens is 350 g/mol. The van der Waals surface area contributed by atoms with Crippen LogP contribution in [0.25, 0.3) is 0 Å². The molecule has 2 amide bonds. The molecule has 2 fully saturated rings. The number of ether oxygens (including phenoxy) is 3. The lowest BCUT2D eigenvalue weighted by atomic mass is 9.92. The van der Waals surface area contributed by atoms with Gasteiger partial charge < -0.3 is 30.6 Å². The Bertz CT molecular complexity index is 671. The van der Waals surface area contributed by atoms with Gasteiger partial charge in [-0.05, 0) is 43.7 Å². The van der Waals surface area contributed by atoms with E-state index in [1.165, 1.54) is 7.11 Å². The number of carbonyl (C=O) groups excluding carboxylic acids is 2. The van der Waals surface area contributed by atoms with Crippen molar-refractivity contribution in [3.63, 3.8) is 0 Å². The number of anilines is 1. The summed E-state index contributed by atoms with van der Waals surface area (Å²) in [7, 11) is 1.52. The fourth-order valence-electron chi connectivity index (χ4n) is 3.02. The maximum atomic E-state index is 12.5. The van der Waals surface area contributed by atoms with Crippen molar-refractivity contribution in [2.24, 2.45) is 11.7 Å². The van der Waals surface area contributed by atoms with Gasteiger partial charge in [-0.25, -0.2) is 0 Å². The fourth-order valence-corrected chi connectivity index (χ4v) is 3.02. The molecule has 27 heavy (non-hydrogen) atoms. The van der Waals surface area contributed by atoms with Crippen LogP contribution in [-0.2, 0) is 14.3 Å². The van der Waals surface area contributed by atoms with Gasteiger partial charge in [0.15, 0.2) is 18.1 Å². The van der Waals surface area contributed by atoms with Crippen molar-refractivity contribution in [1.82, 2.24) is 5.32 Å². The first-order valence-electron chi connectivity index (χ1n) is 9.31. The van der Waals surface area contributed by atoms with E-state index < -0.39 is 6.04 Å². The van der Waals surface area contributed by atoms with Gasteiger partial charge in [0, 0.05) is 31.0 Å². The summed E-state index contributed by atoms with van der Waals surface area (Å²) in [5.74, 6) is 0.570. The molecule has 1 aromatic carbocycles. The molecule has 0 radical (unpaired) electrons. The molecule has 3 rings (SSSR count). The third-order valence-corrected chi connectivity index (χ3v) is 4.81. The van der Waals surface area contributed by atoms with Crippen LogP contribution in [0.3, 0.4) is 0 Å². The Labute approximate surface area is 158 Å². The highest BCUT2D eigenvalue weighted by atomic mass is 16.5. The second-order valence-corrected chi connectivity index (χ2v) is 6.96. The first-order valence-corrected chi connectivity index (χ1v) is 9.31. The normalized spacial score (nSPS) is 18.4. The van der Waals surface area contributed by atoms with E-state index in [0.717, 1.165) is 25.7 Å². The monoisotopic (exact) mass is 377 g/mol. The highest BCUT2D eigenvalue weighted by Crippen LogP contribution is 2.30. The van der Waals surface area contributed by atoms with Crippen molar-refractivity contribution >= 4 is 17.5 Å². The minimum atomic E-state index is -0.593. The average Bonchev–Trinajstić information content (AvgIpc) is 3.50. The molecule has 148 valence electrons. The summed E-state index contributed by atoms with van der Waals surface area (Å²) < 4.78 is 16.2. The molecular formula is C19H27N3O5. The van der Waals surface area contributed by atoms with E-state index in [2.05, 4.69) is 10.6 Å². The molecule has 1 aliphatic heterocycles. The maximum Gasteiger partial charge on any atom is 0.258 e. The van der Waals surface area contributed by atoms with Crippen molar-refractivity contribution in [2.75, 3.05) is 32.2 Å². The minimum absolute atomic E-state index is 0.105. The molecule has 8 nitrogen and oxygen atoms in total. The maximum absolute atomic E-state index is 12.5. The summed E-state index contributed by atoms with van der Waals surface area (Å²) in [6.07, 6.45) is 3.59. The smallest absolute Gasteiger partial charge is 0.258 e. The number of carbonyl (C=O) groups is 2. The molecule has 1 saturated carbocycles. The Morgan fingerprint density at radius 2 is 1.96 bits per heavy atom. The van der Waals surface area contributed by atoms with Crippen LogP contribution in [0, 0.1) is 5.92 Å². The van der Waals surface area contributed by atoms with E-state index in [-0.39, 0.29) is 30.4 Å². The largest absolute Gasteiger partial charge is 0.493 e. The number of nitrogens with one attached hydrogen (secondary N) is 2. The van der Waals surface area contributed by atoms with Gasteiger partial charge in [0.2, 0.25) is 5.91 Å². The van der Waals surface area contributed by atoms with Gasteiger partial charge >= 0.3 is 0 Å². The van der Waals surface area contributed by atoms with E-state index >= 15 is 0 Å². The predicted octanol–water partition coefficient (Wildman–Crippen LogP) is 1.05. The van der Waals surface area contributed by atoms with E-state index in [4.69, 9.17) is 19.9 Å². The molecule has 0 aromatic heterocycles. The van der Waals surface area contributed by atoms with Crippen molar-refractivity contribution in [2.45, 2.75) is 37.8 Å². The molecule has 1 aromatic rings. The molecule has 1 saturated heterocycles. The van der Waals surface area contributed by atoms with Crippen LogP contribution in [0.2, 0.25) is 0 Å². The third-order valence-electron chi connectivity index (χ3n) is 4.81. The zero-order chi connectivity index (χ0) is 19.2. The zero-order valence-electron chi connectivity index (χ0n) is 15.5. The van der Waals surface area contributed by atoms with Crippen molar-refractivity contribution in [3.05, 3.63) is 18.2 Å². The number of methoxy groups -OCH3 is 1. The summed E-state index contributed by atoms with van der Waals surface area (Å²) in [4.78, 5) is 24.3. The van der Waals surface area contributed by atoms with Gasteiger partial charge in [-0.2, -0.15) is 0 Å². The summed E-state index contributed by atoms with van der Waals surface area (Å²) in [6.45, 7) is 1.16. The second-order valence-electron chi connectivity index (χ2n) is 6.96. The topological polar surface area (TPSA) is 112 Å². The summed E-state index contributed by atoms with van der Waals surface area (Å²) in [5.41, 5.74) is 6.65. The highest BCUT2D eigenvalue weighted by Gasteiger charge is 2.27. The van der Waals surface area contributed by atoms with Crippen LogP contribution in [-0.4, -0.2) is 50.8 Å². The molecule has 1 unspecified atom stereocenters. The average molecular weight is 377 g/mol. The van der Waals surface area contributed by atoms with E-state index in [9.17, 15) is 9.59 Å². The lowest BCUT2D eigenvalue weighted by Crippen LogP contribution is -2.44. The van der Waals surface area contributed by atoms with Crippen LogP contribution in [0.4, 0.5) is 5.69 Å².